The number of aromatic nitrogens is 3. The zero-order valence-corrected chi connectivity index (χ0v) is 12.9. The van der Waals surface area contributed by atoms with Crippen molar-refractivity contribution in [3.8, 4) is 5.69 Å². The molecule has 2 N–H and O–H groups in total. The smallest absolute Gasteiger partial charge is 0.151 e. The molecule has 0 saturated carbocycles. The van der Waals surface area contributed by atoms with Crippen molar-refractivity contribution in [3.63, 3.8) is 0 Å². The summed E-state index contributed by atoms with van der Waals surface area (Å²) >= 11 is 3.60. The van der Waals surface area contributed by atoms with Gasteiger partial charge in [0, 0.05) is 17.3 Å². The maximum Gasteiger partial charge on any atom is 0.151 e. The third kappa shape index (κ3) is 3.04. The van der Waals surface area contributed by atoms with Gasteiger partial charge in [-0.1, -0.05) is 35.8 Å². The average molecular weight is 323 g/mol. The van der Waals surface area contributed by atoms with Crippen molar-refractivity contribution in [2.75, 3.05) is 6.54 Å². The van der Waals surface area contributed by atoms with E-state index < -0.39 is 0 Å². The Bertz CT molecular complexity index is 563. The summed E-state index contributed by atoms with van der Waals surface area (Å²) < 4.78 is 3.00. The number of rotatable bonds is 5. The van der Waals surface area contributed by atoms with E-state index in [4.69, 9.17) is 5.73 Å². The van der Waals surface area contributed by atoms with Crippen LogP contribution in [-0.4, -0.2) is 21.3 Å². The molecule has 4 nitrogen and oxygen atoms in total. The summed E-state index contributed by atoms with van der Waals surface area (Å²) in [5.74, 6) is 1.88. The minimum Gasteiger partial charge on any atom is -0.330 e. The molecule has 2 aromatic rings. The lowest BCUT2D eigenvalue weighted by Crippen LogP contribution is -2.05. The van der Waals surface area contributed by atoms with Gasteiger partial charge in [0.25, 0.3) is 0 Å². The molecule has 2 rings (SSSR count). The highest BCUT2D eigenvalue weighted by atomic mass is 79.9. The Morgan fingerprint density at radius 3 is 2.63 bits per heavy atom. The summed E-state index contributed by atoms with van der Waals surface area (Å²) in [6.45, 7) is 4.82. The standard InChI is InChI=1S/C14H19BrN4/c1-3-13-17-14(4-2)19(18-13)11-6-5-10(7-8-16)12(15)9-11/h5-6,9H,3-4,7-8,16H2,1-2H3. The molecule has 102 valence electrons. The highest BCUT2D eigenvalue weighted by Gasteiger charge is 2.10. The molecule has 0 amide bonds. The highest BCUT2D eigenvalue weighted by molar-refractivity contribution is 9.10. The van der Waals surface area contributed by atoms with Gasteiger partial charge in [0.2, 0.25) is 0 Å². The van der Waals surface area contributed by atoms with E-state index in [-0.39, 0.29) is 0 Å². The Morgan fingerprint density at radius 1 is 1.26 bits per heavy atom. The molecular weight excluding hydrogens is 304 g/mol. The maximum atomic E-state index is 5.60. The Balaban J connectivity index is 2.41. The first-order valence-corrected chi connectivity index (χ1v) is 7.42. The zero-order valence-electron chi connectivity index (χ0n) is 11.4. The molecule has 0 saturated heterocycles. The van der Waals surface area contributed by atoms with E-state index >= 15 is 0 Å². The quantitative estimate of drug-likeness (QED) is 0.920. The number of hydrogen-bond acceptors (Lipinski definition) is 3. The summed E-state index contributed by atoms with van der Waals surface area (Å²) in [7, 11) is 0. The first-order chi connectivity index (χ1) is 9.19. The van der Waals surface area contributed by atoms with Gasteiger partial charge in [0.1, 0.15) is 5.82 Å². The average Bonchev–Trinajstić information content (AvgIpc) is 2.84. The Labute approximate surface area is 122 Å². The molecule has 0 atom stereocenters. The van der Waals surface area contributed by atoms with Crippen molar-refractivity contribution in [2.45, 2.75) is 33.1 Å². The molecule has 1 heterocycles. The molecule has 0 spiro atoms. The fourth-order valence-electron chi connectivity index (χ4n) is 2.00. The van der Waals surface area contributed by atoms with E-state index in [0.717, 1.165) is 41.1 Å². The molecule has 0 aliphatic heterocycles. The summed E-state index contributed by atoms with van der Waals surface area (Å²) in [5.41, 5.74) is 7.86. The number of aryl methyl sites for hydroxylation is 2. The lowest BCUT2D eigenvalue weighted by Gasteiger charge is -2.08. The highest BCUT2D eigenvalue weighted by Crippen LogP contribution is 2.22. The number of benzene rings is 1. The second kappa shape index (κ2) is 6.30. The summed E-state index contributed by atoms with van der Waals surface area (Å²) in [5, 5.41) is 4.55. The lowest BCUT2D eigenvalue weighted by atomic mass is 10.1. The van der Waals surface area contributed by atoms with Crippen LogP contribution < -0.4 is 5.73 Å². The van der Waals surface area contributed by atoms with E-state index in [1.807, 2.05) is 4.68 Å². The number of nitrogens with zero attached hydrogens (tertiary/aromatic N) is 3. The Hall–Kier alpha value is -1.20. The van der Waals surface area contributed by atoms with E-state index in [1.54, 1.807) is 0 Å². The molecule has 1 aromatic heterocycles. The molecule has 19 heavy (non-hydrogen) atoms. The van der Waals surface area contributed by atoms with Gasteiger partial charge in [-0.2, -0.15) is 5.10 Å². The summed E-state index contributed by atoms with van der Waals surface area (Å²) in [4.78, 5) is 4.53. The van der Waals surface area contributed by atoms with E-state index in [9.17, 15) is 0 Å². The van der Waals surface area contributed by atoms with Gasteiger partial charge in [-0.25, -0.2) is 9.67 Å². The van der Waals surface area contributed by atoms with Crippen LogP contribution in [0.25, 0.3) is 5.69 Å². The number of halogens is 1. The molecule has 0 unspecified atom stereocenters. The van der Waals surface area contributed by atoms with Crippen LogP contribution in [0.4, 0.5) is 0 Å². The van der Waals surface area contributed by atoms with Gasteiger partial charge in [-0.3, -0.25) is 0 Å². The van der Waals surface area contributed by atoms with Crippen LogP contribution >= 0.6 is 15.9 Å². The summed E-state index contributed by atoms with van der Waals surface area (Å²) in [6, 6.07) is 6.25. The van der Waals surface area contributed by atoms with Crippen LogP contribution in [0, 0.1) is 0 Å². The third-order valence-corrected chi connectivity index (χ3v) is 3.78. The van der Waals surface area contributed by atoms with Crippen molar-refractivity contribution in [1.82, 2.24) is 14.8 Å². The van der Waals surface area contributed by atoms with E-state index in [2.05, 4.69) is 58.1 Å². The molecule has 0 radical (unpaired) electrons. The second-order valence-corrected chi connectivity index (χ2v) is 5.23. The number of nitrogens with two attached hydrogens (primary N) is 1. The minimum absolute atomic E-state index is 0.654. The van der Waals surface area contributed by atoms with Crippen molar-refractivity contribution < 1.29 is 0 Å². The normalized spacial score (nSPS) is 10.9. The Kier molecular flexibility index (Phi) is 4.71. The van der Waals surface area contributed by atoms with Gasteiger partial charge >= 0.3 is 0 Å². The predicted octanol–water partition coefficient (Wildman–Crippen LogP) is 2.66. The number of hydrogen-bond donors (Lipinski definition) is 1. The van der Waals surface area contributed by atoms with Gasteiger partial charge < -0.3 is 5.73 Å². The summed E-state index contributed by atoms with van der Waals surface area (Å²) in [6.07, 6.45) is 2.60. The van der Waals surface area contributed by atoms with Crippen molar-refractivity contribution in [1.29, 1.82) is 0 Å². The van der Waals surface area contributed by atoms with Crippen LogP contribution in [0.3, 0.4) is 0 Å². The van der Waals surface area contributed by atoms with Gasteiger partial charge in [-0.05, 0) is 30.7 Å². The van der Waals surface area contributed by atoms with Crippen LogP contribution in [0.2, 0.25) is 0 Å². The van der Waals surface area contributed by atoms with Crippen LogP contribution in [0.15, 0.2) is 22.7 Å². The van der Waals surface area contributed by atoms with Crippen LogP contribution in [0.1, 0.15) is 31.1 Å². The molecule has 0 aliphatic carbocycles. The van der Waals surface area contributed by atoms with Crippen molar-refractivity contribution in [3.05, 3.63) is 39.9 Å². The minimum atomic E-state index is 0.654. The van der Waals surface area contributed by atoms with Crippen molar-refractivity contribution in [2.24, 2.45) is 5.73 Å². The molecule has 0 fully saturated rings. The van der Waals surface area contributed by atoms with Crippen molar-refractivity contribution >= 4 is 15.9 Å². The fraction of sp³-hybridized carbons (Fsp3) is 0.429. The molecule has 0 bridgehead atoms. The van der Waals surface area contributed by atoms with E-state index in [0.29, 0.717) is 6.54 Å². The molecule has 0 aliphatic rings. The largest absolute Gasteiger partial charge is 0.330 e. The monoisotopic (exact) mass is 322 g/mol. The van der Waals surface area contributed by atoms with E-state index in [1.165, 1.54) is 5.56 Å². The molecular formula is C14H19BrN4. The molecule has 1 aromatic carbocycles. The van der Waals surface area contributed by atoms with Gasteiger partial charge in [0.15, 0.2) is 5.82 Å². The predicted molar refractivity (Wildman–Crippen MR) is 80.6 cm³/mol. The topological polar surface area (TPSA) is 56.7 Å². The first-order valence-electron chi connectivity index (χ1n) is 6.63. The molecule has 5 heteroatoms. The fourth-order valence-corrected chi connectivity index (χ4v) is 2.57. The zero-order chi connectivity index (χ0) is 13.8. The first kappa shape index (κ1) is 14.2. The third-order valence-electron chi connectivity index (χ3n) is 3.05. The van der Waals surface area contributed by atoms with Gasteiger partial charge in [-0.15, -0.1) is 0 Å². The lowest BCUT2D eigenvalue weighted by molar-refractivity contribution is 0.789. The van der Waals surface area contributed by atoms with Gasteiger partial charge in [0.05, 0.1) is 5.69 Å². The second-order valence-electron chi connectivity index (χ2n) is 4.38. The van der Waals surface area contributed by atoms with Crippen LogP contribution in [0.5, 0.6) is 0 Å². The maximum absolute atomic E-state index is 5.60. The SMILES string of the molecule is CCc1nc(CC)n(-c2ccc(CCN)c(Br)c2)n1. The van der Waals surface area contributed by atoms with Crippen LogP contribution in [-0.2, 0) is 19.3 Å². The Morgan fingerprint density at radius 2 is 2.05 bits per heavy atom.